The first-order valence-corrected chi connectivity index (χ1v) is 9.71. The Bertz CT molecular complexity index is 735. The number of hydrogen-bond acceptors (Lipinski definition) is 6. The molecule has 2 unspecified atom stereocenters. The summed E-state index contributed by atoms with van der Waals surface area (Å²) >= 11 is 0. The van der Waals surface area contributed by atoms with Crippen LogP contribution >= 0.6 is 0 Å². The molecule has 24 heavy (non-hydrogen) atoms. The Morgan fingerprint density at radius 1 is 1.42 bits per heavy atom. The van der Waals surface area contributed by atoms with Crippen molar-refractivity contribution in [2.45, 2.75) is 32.1 Å². The van der Waals surface area contributed by atoms with Crippen LogP contribution in [0, 0.1) is 12.8 Å². The highest BCUT2D eigenvalue weighted by atomic mass is 32.2. The van der Waals surface area contributed by atoms with Crippen molar-refractivity contribution >= 4 is 21.7 Å². The molecule has 2 aliphatic heterocycles. The van der Waals surface area contributed by atoms with E-state index in [0.717, 1.165) is 24.0 Å². The Hall–Kier alpha value is -1.64. The summed E-state index contributed by atoms with van der Waals surface area (Å²) < 4.78 is 32.8. The summed E-state index contributed by atoms with van der Waals surface area (Å²) in [5, 5.41) is -1.02. The van der Waals surface area contributed by atoms with Crippen LogP contribution in [0.4, 0.5) is 5.69 Å². The van der Waals surface area contributed by atoms with Gasteiger partial charge < -0.3 is 4.74 Å². The molecule has 7 nitrogen and oxygen atoms in total. The van der Waals surface area contributed by atoms with E-state index in [4.69, 9.17) is 4.74 Å². The van der Waals surface area contributed by atoms with Crippen molar-refractivity contribution in [3.05, 3.63) is 29.3 Å². The molecule has 0 amide bonds. The van der Waals surface area contributed by atoms with Gasteiger partial charge in [0.1, 0.15) is 5.92 Å². The van der Waals surface area contributed by atoms with Crippen LogP contribution < -0.4 is 15.2 Å². The number of anilines is 1. The smallest absolute Gasteiger partial charge is 0.313 e. The molecule has 0 saturated carbocycles. The minimum Gasteiger partial charge on any atom is -0.466 e. The molecule has 0 bridgehead atoms. The van der Waals surface area contributed by atoms with Crippen molar-refractivity contribution in [3.8, 4) is 0 Å². The van der Waals surface area contributed by atoms with Gasteiger partial charge in [-0.1, -0.05) is 17.7 Å². The Balaban J connectivity index is 1.93. The van der Waals surface area contributed by atoms with Gasteiger partial charge in [-0.2, -0.15) is 0 Å². The van der Waals surface area contributed by atoms with E-state index in [1.165, 1.54) is 4.31 Å². The quantitative estimate of drug-likeness (QED) is 0.775. The summed E-state index contributed by atoms with van der Waals surface area (Å²) in [6.45, 7) is 4.59. The fourth-order valence-electron chi connectivity index (χ4n) is 3.31. The third kappa shape index (κ3) is 3.01. The highest BCUT2D eigenvalue weighted by molar-refractivity contribution is 7.93. The van der Waals surface area contributed by atoms with E-state index in [-0.39, 0.29) is 13.2 Å². The average Bonchev–Trinajstić information content (AvgIpc) is 3.04. The highest BCUT2D eigenvalue weighted by Gasteiger charge is 2.46. The van der Waals surface area contributed by atoms with Crippen LogP contribution in [-0.2, 0) is 26.0 Å². The number of sulfonamides is 1. The largest absolute Gasteiger partial charge is 0.466 e. The number of aryl methyl sites for hydroxylation is 2. The highest BCUT2D eigenvalue weighted by Crippen LogP contribution is 2.32. The Kier molecular flexibility index (Phi) is 4.80. The van der Waals surface area contributed by atoms with Gasteiger partial charge in [0.25, 0.3) is 10.0 Å². The summed E-state index contributed by atoms with van der Waals surface area (Å²) in [4.78, 5) is 12.1. The van der Waals surface area contributed by atoms with Crippen molar-refractivity contribution in [3.63, 3.8) is 0 Å². The number of ether oxygens (including phenoxy) is 1. The predicted octanol–water partition coefficient (Wildman–Crippen LogP) is 0.691. The number of carbonyl (C=O) groups excluding carboxylic acids is 1. The van der Waals surface area contributed by atoms with E-state index in [1.54, 1.807) is 6.92 Å². The topological polar surface area (TPSA) is 87.7 Å². The first kappa shape index (κ1) is 17.2. The number of rotatable bonds is 4. The second-order valence-corrected chi connectivity index (χ2v) is 8.14. The van der Waals surface area contributed by atoms with Crippen LogP contribution in [0.1, 0.15) is 24.5 Å². The minimum absolute atomic E-state index is 0.230. The third-order valence-corrected chi connectivity index (χ3v) is 6.54. The number of fused-ring (bicyclic) bond motifs is 1. The molecule has 0 aromatic heterocycles. The molecule has 1 aromatic rings. The molecule has 8 heteroatoms. The fourth-order valence-corrected chi connectivity index (χ4v) is 5.27. The molecule has 2 N–H and O–H groups in total. The van der Waals surface area contributed by atoms with E-state index in [1.807, 2.05) is 25.1 Å². The SMILES string of the molecule is CCOC(=O)C1CNNC1S(=O)(=O)N1CCCc2cc(C)ccc21. The molecular formula is C16H23N3O4S. The zero-order valence-corrected chi connectivity index (χ0v) is 14.7. The van der Waals surface area contributed by atoms with E-state index >= 15 is 0 Å². The predicted molar refractivity (Wildman–Crippen MR) is 90.8 cm³/mol. The zero-order chi connectivity index (χ0) is 17.3. The van der Waals surface area contributed by atoms with Crippen LogP contribution in [0.3, 0.4) is 0 Å². The molecule has 0 radical (unpaired) electrons. The van der Waals surface area contributed by atoms with Gasteiger partial charge in [0, 0.05) is 13.1 Å². The van der Waals surface area contributed by atoms with E-state index < -0.39 is 27.3 Å². The maximum Gasteiger partial charge on any atom is 0.313 e. The van der Waals surface area contributed by atoms with Gasteiger partial charge in [0.15, 0.2) is 5.37 Å². The summed E-state index contributed by atoms with van der Waals surface area (Å²) in [6.07, 6.45) is 1.63. The van der Waals surface area contributed by atoms with Crippen LogP contribution in [0.15, 0.2) is 18.2 Å². The third-order valence-electron chi connectivity index (χ3n) is 4.46. The molecule has 2 aliphatic rings. The normalized spacial score (nSPS) is 23.8. The van der Waals surface area contributed by atoms with Gasteiger partial charge in [0.2, 0.25) is 0 Å². The summed E-state index contributed by atoms with van der Waals surface area (Å²) in [7, 11) is -3.74. The molecule has 2 heterocycles. The number of hydrogen-bond donors (Lipinski definition) is 2. The molecule has 1 saturated heterocycles. The van der Waals surface area contributed by atoms with Gasteiger partial charge in [-0.3, -0.25) is 14.5 Å². The number of nitrogens with one attached hydrogen (secondary N) is 2. The minimum atomic E-state index is -3.74. The van der Waals surface area contributed by atoms with Crippen molar-refractivity contribution in [1.29, 1.82) is 0 Å². The van der Waals surface area contributed by atoms with Crippen molar-refractivity contribution in [2.24, 2.45) is 5.92 Å². The average molecular weight is 353 g/mol. The van der Waals surface area contributed by atoms with Crippen LogP contribution in [-0.4, -0.2) is 39.5 Å². The first-order chi connectivity index (χ1) is 11.4. The second kappa shape index (κ2) is 6.70. The number of esters is 1. The van der Waals surface area contributed by atoms with Crippen LogP contribution in [0.25, 0.3) is 0 Å². The van der Waals surface area contributed by atoms with Gasteiger partial charge in [-0.25, -0.2) is 13.8 Å². The zero-order valence-electron chi connectivity index (χ0n) is 13.9. The van der Waals surface area contributed by atoms with Gasteiger partial charge in [-0.05, 0) is 38.3 Å². The molecule has 1 fully saturated rings. The maximum atomic E-state index is 13.2. The molecule has 0 spiro atoms. The lowest BCUT2D eigenvalue weighted by Crippen LogP contribution is -2.50. The van der Waals surface area contributed by atoms with Gasteiger partial charge in [-0.15, -0.1) is 0 Å². The lowest BCUT2D eigenvalue weighted by molar-refractivity contribution is -0.147. The van der Waals surface area contributed by atoms with Crippen molar-refractivity contribution in [1.82, 2.24) is 10.9 Å². The van der Waals surface area contributed by atoms with Crippen LogP contribution in [0.5, 0.6) is 0 Å². The Morgan fingerprint density at radius 2 is 2.21 bits per heavy atom. The van der Waals surface area contributed by atoms with Gasteiger partial charge in [0.05, 0.1) is 12.3 Å². The second-order valence-electron chi connectivity index (χ2n) is 6.16. The fraction of sp³-hybridized carbons (Fsp3) is 0.562. The molecule has 3 rings (SSSR count). The number of benzene rings is 1. The molecule has 1 aromatic carbocycles. The van der Waals surface area contributed by atoms with E-state index in [0.29, 0.717) is 12.2 Å². The van der Waals surface area contributed by atoms with E-state index in [2.05, 4.69) is 10.9 Å². The first-order valence-electron chi connectivity index (χ1n) is 8.21. The lowest BCUT2D eigenvalue weighted by Gasteiger charge is -2.33. The summed E-state index contributed by atoms with van der Waals surface area (Å²) in [5.41, 5.74) is 8.38. The van der Waals surface area contributed by atoms with Gasteiger partial charge >= 0.3 is 5.97 Å². The number of hydrazine groups is 1. The number of nitrogens with zero attached hydrogens (tertiary/aromatic N) is 1. The van der Waals surface area contributed by atoms with Crippen LogP contribution in [0.2, 0.25) is 0 Å². The lowest BCUT2D eigenvalue weighted by atomic mass is 10.0. The maximum absolute atomic E-state index is 13.2. The number of carbonyl (C=O) groups is 1. The monoisotopic (exact) mass is 353 g/mol. The molecule has 132 valence electrons. The molecular weight excluding hydrogens is 330 g/mol. The molecule has 2 atom stereocenters. The summed E-state index contributed by atoms with van der Waals surface area (Å²) in [5.74, 6) is -1.25. The molecule has 0 aliphatic carbocycles. The van der Waals surface area contributed by atoms with Crippen molar-refractivity contribution < 1.29 is 17.9 Å². The summed E-state index contributed by atoms with van der Waals surface area (Å²) in [6, 6.07) is 5.79. The standard InChI is InChI=1S/C16H23N3O4S/c1-3-23-16(20)13-10-17-18-15(13)24(21,22)19-8-4-5-12-9-11(2)6-7-14(12)19/h6-7,9,13,15,17-18H,3-5,8,10H2,1-2H3. The Labute approximate surface area is 142 Å². The Morgan fingerprint density at radius 3 is 2.96 bits per heavy atom. The van der Waals surface area contributed by atoms with Crippen molar-refractivity contribution in [2.75, 3.05) is 24.0 Å². The van der Waals surface area contributed by atoms with E-state index in [9.17, 15) is 13.2 Å².